The molecule has 1 unspecified atom stereocenters. The third-order valence-corrected chi connectivity index (χ3v) is 3.17. The van der Waals surface area contributed by atoms with Gasteiger partial charge in [0, 0.05) is 5.56 Å². The molecule has 0 radical (unpaired) electrons. The second kappa shape index (κ2) is 4.82. The van der Waals surface area contributed by atoms with Gasteiger partial charge in [-0.2, -0.15) is 0 Å². The molecule has 2 aromatic rings. The smallest absolute Gasteiger partial charge is 0.134 e. The minimum Gasteiger partial charge on any atom is -0.271 e. The van der Waals surface area contributed by atoms with Crippen molar-refractivity contribution in [1.82, 2.24) is 15.0 Å². The van der Waals surface area contributed by atoms with Crippen LogP contribution in [0.15, 0.2) is 18.3 Å². The summed E-state index contributed by atoms with van der Waals surface area (Å²) in [6.45, 7) is 1.57. The maximum absolute atomic E-state index is 13.9. The highest BCUT2D eigenvalue weighted by molar-refractivity contribution is 7.05. The van der Waals surface area contributed by atoms with Crippen molar-refractivity contribution in [2.75, 3.05) is 0 Å². The molecule has 0 spiro atoms. The Morgan fingerprint density at radius 1 is 1.41 bits per heavy atom. The lowest BCUT2D eigenvalue weighted by molar-refractivity contribution is 0.509. The average Bonchev–Trinajstić information content (AvgIpc) is 2.83. The van der Waals surface area contributed by atoms with Gasteiger partial charge < -0.3 is 0 Å². The molecule has 90 valence electrons. The first-order chi connectivity index (χ1) is 8.15. The normalized spacial score (nSPS) is 12.7. The van der Waals surface area contributed by atoms with E-state index in [-0.39, 0.29) is 5.56 Å². The fourth-order valence-electron chi connectivity index (χ4n) is 1.55. The summed E-state index contributed by atoms with van der Waals surface area (Å²) < 4.78 is 31.3. The lowest BCUT2D eigenvalue weighted by Gasteiger charge is -2.16. The van der Waals surface area contributed by atoms with Crippen molar-refractivity contribution in [1.29, 1.82) is 0 Å². The van der Waals surface area contributed by atoms with Gasteiger partial charge in [0.25, 0.3) is 0 Å². The second-order valence-corrected chi connectivity index (χ2v) is 4.33. The Hall–Kier alpha value is -1.44. The van der Waals surface area contributed by atoms with Crippen LogP contribution >= 0.6 is 11.5 Å². The lowest BCUT2D eigenvalue weighted by Crippen LogP contribution is -2.30. The van der Waals surface area contributed by atoms with E-state index in [1.807, 2.05) is 0 Å². The van der Waals surface area contributed by atoms with Crippen molar-refractivity contribution >= 4 is 11.5 Å². The van der Waals surface area contributed by atoms with Gasteiger partial charge in [0.2, 0.25) is 0 Å². The third-order valence-electron chi connectivity index (χ3n) is 2.44. The first-order valence-corrected chi connectivity index (χ1v) is 5.60. The van der Waals surface area contributed by atoms with Gasteiger partial charge in [-0.25, -0.2) is 14.2 Å². The van der Waals surface area contributed by atoms with E-state index in [1.165, 1.54) is 18.3 Å². The molecule has 1 aromatic carbocycles. The molecular formula is C10H10F2N4S. The molecule has 0 aliphatic rings. The number of aromatic nitrogens is 2. The van der Waals surface area contributed by atoms with Crippen LogP contribution in [0.5, 0.6) is 0 Å². The van der Waals surface area contributed by atoms with Crippen molar-refractivity contribution in [3.8, 4) is 0 Å². The maximum atomic E-state index is 13.9. The van der Waals surface area contributed by atoms with Gasteiger partial charge in [-0.05, 0) is 30.1 Å². The predicted octanol–water partition coefficient (Wildman–Crippen LogP) is 1.68. The summed E-state index contributed by atoms with van der Waals surface area (Å²) in [5, 5.41) is 3.63. The molecule has 0 amide bonds. The van der Waals surface area contributed by atoms with Gasteiger partial charge in [-0.3, -0.25) is 5.84 Å². The number of halogens is 2. The molecule has 0 bridgehead atoms. The molecule has 1 aromatic heterocycles. The molecule has 2 rings (SSSR count). The van der Waals surface area contributed by atoms with Crippen molar-refractivity contribution in [3.63, 3.8) is 0 Å². The van der Waals surface area contributed by atoms with Crippen LogP contribution in [-0.4, -0.2) is 9.59 Å². The van der Waals surface area contributed by atoms with Crippen LogP contribution in [0.3, 0.4) is 0 Å². The largest absolute Gasteiger partial charge is 0.271 e. The molecule has 0 fully saturated rings. The first-order valence-electron chi connectivity index (χ1n) is 4.83. The molecule has 4 nitrogen and oxygen atoms in total. The number of hydrogen-bond acceptors (Lipinski definition) is 5. The molecule has 1 heterocycles. The quantitative estimate of drug-likeness (QED) is 0.648. The van der Waals surface area contributed by atoms with Crippen LogP contribution in [0.4, 0.5) is 8.78 Å². The molecule has 7 heteroatoms. The van der Waals surface area contributed by atoms with E-state index in [2.05, 4.69) is 15.0 Å². The summed E-state index contributed by atoms with van der Waals surface area (Å²) >= 11 is 1.04. The molecule has 1 atom stereocenters. The van der Waals surface area contributed by atoms with Crippen LogP contribution in [0.2, 0.25) is 0 Å². The number of benzene rings is 1. The number of nitrogens with two attached hydrogens (primary N) is 1. The number of rotatable bonds is 3. The van der Waals surface area contributed by atoms with E-state index in [0.717, 1.165) is 11.5 Å². The minimum atomic E-state index is -0.783. The average molecular weight is 256 g/mol. The zero-order valence-corrected chi connectivity index (χ0v) is 9.76. The van der Waals surface area contributed by atoms with Gasteiger partial charge >= 0.3 is 0 Å². The highest BCUT2D eigenvalue weighted by Crippen LogP contribution is 2.28. The number of nitrogens with zero attached hydrogens (tertiary/aromatic N) is 2. The van der Waals surface area contributed by atoms with Gasteiger partial charge in [0.15, 0.2) is 0 Å². The van der Waals surface area contributed by atoms with Gasteiger partial charge in [-0.1, -0.05) is 10.6 Å². The Kier molecular flexibility index (Phi) is 3.41. The maximum Gasteiger partial charge on any atom is 0.134 e. The van der Waals surface area contributed by atoms with Crippen LogP contribution in [0, 0.1) is 18.6 Å². The molecular weight excluding hydrogens is 246 g/mol. The molecule has 0 aliphatic carbocycles. The third kappa shape index (κ3) is 2.17. The van der Waals surface area contributed by atoms with Gasteiger partial charge in [0.05, 0.1) is 17.1 Å². The summed E-state index contributed by atoms with van der Waals surface area (Å²) in [7, 11) is 0. The SMILES string of the molecule is Cc1ccc(F)c(C(NN)c2cnns2)c1F. The minimum absolute atomic E-state index is 0.112. The van der Waals surface area contributed by atoms with E-state index < -0.39 is 17.7 Å². The lowest BCUT2D eigenvalue weighted by atomic mass is 10.0. The van der Waals surface area contributed by atoms with Gasteiger partial charge in [-0.15, -0.1) is 5.10 Å². The second-order valence-electron chi connectivity index (χ2n) is 3.51. The highest BCUT2D eigenvalue weighted by atomic mass is 32.1. The Bertz CT molecular complexity index is 515. The van der Waals surface area contributed by atoms with Crippen molar-refractivity contribution in [2.45, 2.75) is 13.0 Å². The Morgan fingerprint density at radius 2 is 2.18 bits per heavy atom. The van der Waals surface area contributed by atoms with Crippen molar-refractivity contribution < 1.29 is 8.78 Å². The topological polar surface area (TPSA) is 63.8 Å². The summed E-state index contributed by atoms with van der Waals surface area (Å²) in [6.07, 6.45) is 1.43. The number of hydrazine groups is 1. The zero-order valence-electron chi connectivity index (χ0n) is 8.95. The Morgan fingerprint density at radius 3 is 2.76 bits per heavy atom. The zero-order chi connectivity index (χ0) is 12.4. The van der Waals surface area contributed by atoms with Crippen LogP contribution in [0.25, 0.3) is 0 Å². The van der Waals surface area contributed by atoms with E-state index in [9.17, 15) is 8.78 Å². The predicted molar refractivity (Wildman–Crippen MR) is 60.2 cm³/mol. The van der Waals surface area contributed by atoms with Crippen molar-refractivity contribution in [3.05, 3.63) is 46.0 Å². The van der Waals surface area contributed by atoms with E-state index in [1.54, 1.807) is 6.92 Å². The molecule has 17 heavy (non-hydrogen) atoms. The fourth-order valence-corrected chi connectivity index (χ4v) is 2.13. The molecule has 3 N–H and O–H groups in total. The number of hydrogen-bond donors (Lipinski definition) is 2. The summed E-state index contributed by atoms with van der Waals surface area (Å²) in [5.74, 6) is 4.09. The summed E-state index contributed by atoms with van der Waals surface area (Å²) in [5.41, 5.74) is 2.63. The summed E-state index contributed by atoms with van der Waals surface area (Å²) in [6, 6.07) is 1.81. The Labute approximate surface area is 101 Å². The molecule has 0 saturated carbocycles. The fraction of sp³-hybridized carbons (Fsp3) is 0.200. The monoisotopic (exact) mass is 256 g/mol. The van der Waals surface area contributed by atoms with Crippen LogP contribution in [-0.2, 0) is 0 Å². The first kappa shape index (κ1) is 12.0. The Balaban J connectivity index is 2.55. The van der Waals surface area contributed by atoms with Crippen LogP contribution in [0.1, 0.15) is 22.0 Å². The van der Waals surface area contributed by atoms with E-state index >= 15 is 0 Å². The van der Waals surface area contributed by atoms with Crippen molar-refractivity contribution in [2.24, 2.45) is 5.84 Å². The standard InChI is InChI=1S/C10H10F2N4S/c1-5-2-3-6(11)8(9(5)12)10(15-13)7-4-14-16-17-7/h2-4,10,15H,13H2,1H3. The van der Waals surface area contributed by atoms with E-state index in [0.29, 0.717) is 10.4 Å². The number of nitrogens with one attached hydrogen (secondary N) is 1. The molecule has 0 saturated heterocycles. The van der Waals surface area contributed by atoms with E-state index in [4.69, 9.17) is 5.84 Å². The summed E-state index contributed by atoms with van der Waals surface area (Å²) in [4.78, 5) is 0.552. The number of aryl methyl sites for hydroxylation is 1. The highest BCUT2D eigenvalue weighted by Gasteiger charge is 2.23. The molecule has 0 aliphatic heterocycles. The van der Waals surface area contributed by atoms with Crippen LogP contribution < -0.4 is 11.3 Å². The van der Waals surface area contributed by atoms with Gasteiger partial charge in [0.1, 0.15) is 11.6 Å².